The van der Waals surface area contributed by atoms with Gasteiger partial charge in [0.05, 0.1) is 5.02 Å². The molecule has 0 radical (unpaired) electrons. The summed E-state index contributed by atoms with van der Waals surface area (Å²) in [6.45, 7) is 0.445. The summed E-state index contributed by atoms with van der Waals surface area (Å²) in [7, 11) is 0. The molecule has 0 saturated heterocycles. The van der Waals surface area contributed by atoms with Crippen molar-refractivity contribution >= 4 is 40.9 Å². The third kappa shape index (κ3) is 6.88. The van der Waals surface area contributed by atoms with E-state index >= 15 is 0 Å². The van der Waals surface area contributed by atoms with Crippen molar-refractivity contribution in [2.24, 2.45) is 0 Å². The van der Waals surface area contributed by atoms with Crippen molar-refractivity contribution in [2.45, 2.75) is 25.6 Å². The molecule has 0 saturated carbocycles. The van der Waals surface area contributed by atoms with Crippen molar-refractivity contribution in [3.8, 4) is 5.75 Å². The fourth-order valence-electron chi connectivity index (χ4n) is 2.40. The summed E-state index contributed by atoms with van der Waals surface area (Å²) < 4.78 is 19.0. The number of nitrogens with one attached hydrogen (secondary N) is 1. The summed E-state index contributed by atoms with van der Waals surface area (Å²) in [5.74, 6) is -0.00983. The number of carbonyl (C=O) groups is 1. The number of carboxylic acids is 1. The smallest absolute Gasteiger partial charge is 0.320 e. The molecule has 27 heavy (non-hydrogen) atoms. The number of hydrogen-bond acceptors (Lipinski definition) is 4. The van der Waals surface area contributed by atoms with Gasteiger partial charge in [-0.1, -0.05) is 29.3 Å². The van der Waals surface area contributed by atoms with Crippen LogP contribution in [0.1, 0.15) is 17.5 Å². The Morgan fingerprint density at radius 1 is 1.26 bits per heavy atom. The Balaban J connectivity index is 2.08. The predicted octanol–water partition coefficient (Wildman–Crippen LogP) is 5.01. The topological polar surface area (TPSA) is 58.6 Å². The fraction of sp³-hybridized carbons (Fsp3) is 0.316. The van der Waals surface area contributed by atoms with Gasteiger partial charge in [0.25, 0.3) is 0 Å². The third-order valence-electron chi connectivity index (χ3n) is 3.87. The van der Waals surface area contributed by atoms with Gasteiger partial charge in [-0.15, -0.1) is 0 Å². The average Bonchev–Trinajstić information content (AvgIpc) is 2.62. The Morgan fingerprint density at radius 2 is 2.04 bits per heavy atom. The summed E-state index contributed by atoms with van der Waals surface area (Å²) in [4.78, 5) is 11.4. The lowest BCUT2D eigenvalue weighted by Crippen LogP contribution is -2.36. The molecule has 0 aliphatic carbocycles. The van der Waals surface area contributed by atoms with Crippen LogP contribution in [-0.2, 0) is 17.9 Å². The third-order valence-corrected chi connectivity index (χ3v) is 5.10. The second kappa shape index (κ2) is 10.8. The zero-order chi connectivity index (χ0) is 19.8. The first-order chi connectivity index (χ1) is 12.9. The second-order valence-corrected chi connectivity index (χ2v) is 7.66. The van der Waals surface area contributed by atoms with E-state index in [4.69, 9.17) is 27.9 Å². The molecule has 0 spiro atoms. The first-order valence-electron chi connectivity index (χ1n) is 8.21. The van der Waals surface area contributed by atoms with E-state index in [-0.39, 0.29) is 11.6 Å². The van der Waals surface area contributed by atoms with Crippen LogP contribution in [0.5, 0.6) is 5.75 Å². The fourth-order valence-corrected chi connectivity index (χ4v) is 3.29. The van der Waals surface area contributed by atoms with Crippen LogP contribution in [0, 0.1) is 5.82 Å². The number of ether oxygens (including phenoxy) is 1. The van der Waals surface area contributed by atoms with Gasteiger partial charge in [0.2, 0.25) is 0 Å². The minimum atomic E-state index is -0.897. The van der Waals surface area contributed by atoms with E-state index in [9.17, 15) is 14.3 Å². The molecule has 2 N–H and O–H groups in total. The van der Waals surface area contributed by atoms with Crippen LogP contribution in [-0.4, -0.2) is 29.1 Å². The SMILES string of the molecule is CSCCC(NCc1cc(Cl)ccc1OCc1ccc(F)cc1Cl)C(=O)O. The Bertz CT molecular complexity index is 792. The number of halogens is 3. The highest BCUT2D eigenvalue weighted by Gasteiger charge is 2.17. The Morgan fingerprint density at radius 3 is 2.70 bits per heavy atom. The number of hydrogen-bond donors (Lipinski definition) is 2. The van der Waals surface area contributed by atoms with Crippen LogP contribution in [0.2, 0.25) is 10.0 Å². The lowest BCUT2D eigenvalue weighted by atomic mass is 10.1. The molecule has 146 valence electrons. The Hall–Kier alpha value is -1.47. The molecule has 0 aliphatic heterocycles. The highest BCUT2D eigenvalue weighted by Crippen LogP contribution is 2.26. The van der Waals surface area contributed by atoms with Gasteiger partial charge in [0.1, 0.15) is 24.2 Å². The molecule has 1 unspecified atom stereocenters. The number of aliphatic carboxylic acids is 1. The molecular formula is C19H20Cl2FNO3S. The standard InChI is InChI=1S/C19H20Cl2FNO3S/c1-27-7-6-17(19(24)25)23-10-13-8-14(20)3-5-18(13)26-11-12-2-4-15(22)9-16(12)21/h2-5,8-9,17,23H,6-7,10-11H2,1H3,(H,24,25). The molecule has 2 aromatic carbocycles. The Labute approximate surface area is 172 Å². The highest BCUT2D eigenvalue weighted by atomic mass is 35.5. The van der Waals surface area contributed by atoms with Gasteiger partial charge < -0.3 is 15.2 Å². The van der Waals surface area contributed by atoms with Crippen LogP contribution in [0.15, 0.2) is 36.4 Å². The molecule has 0 heterocycles. The van der Waals surface area contributed by atoms with E-state index < -0.39 is 17.8 Å². The predicted molar refractivity (Wildman–Crippen MR) is 108 cm³/mol. The summed E-state index contributed by atoms with van der Waals surface area (Å²) in [5, 5.41) is 13.2. The second-order valence-electron chi connectivity index (χ2n) is 5.83. The van der Waals surface area contributed by atoms with Crippen molar-refractivity contribution in [1.29, 1.82) is 0 Å². The van der Waals surface area contributed by atoms with E-state index in [1.807, 2.05) is 6.26 Å². The molecule has 2 aromatic rings. The van der Waals surface area contributed by atoms with Crippen molar-refractivity contribution in [3.63, 3.8) is 0 Å². The molecule has 1 atom stereocenters. The largest absolute Gasteiger partial charge is 0.489 e. The summed E-state index contributed by atoms with van der Waals surface area (Å²) in [6.07, 6.45) is 2.45. The molecule has 0 aromatic heterocycles. The van der Waals surface area contributed by atoms with Crippen LogP contribution >= 0.6 is 35.0 Å². The van der Waals surface area contributed by atoms with Crippen molar-refractivity contribution < 1.29 is 19.0 Å². The van der Waals surface area contributed by atoms with Gasteiger partial charge in [-0.2, -0.15) is 11.8 Å². The van der Waals surface area contributed by atoms with Gasteiger partial charge in [0.15, 0.2) is 0 Å². The van der Waals surface area contributed by atoms with Crippen molar-refractivity contribution in [3.05, 3.63) is 63.4 Å². The summed E-state index contributed by atoms with van der Waals surface area (Å²) in [6, 6.07) is 8.59. The molecule has 0 bridgehead atoms. The molecular weight excluding hydrogens is 412 g/mol. The minimum Gasteiger partial charge on any atom is -0.489 e. The maximum Gasteiger partial charge on any atom is 0.320 e. The first kappa shape index (κ1) is 21.8. The van der Waals surface area contributed by atoms with E-state index in [2.05, 4.69) is 5.32 Å². The van der Waals surface area contributed by atoms with Crippen LogP contribution in [0.4, 0.5) is 4.39 Å². The number of rotatable bonds is 10. The number of thioether (sulfide) groups is 1. The molecule has 0 aliphatic rings. The summed E-state index contributed by atoms with van der Waals surface area (Å²) >= 11 is 13.7. The monoisotopic (exact) mass is 431 g/mol. The number of benzene rings is 2. The lowest BCUT2D eigenvalue weighted by Gasteiger charge is -2.17. The van der Waals surface area contributed by atoms with E-state index in [0.717, 1.165) is 11.3 Å². The van der Waals surface area contributed by atoms with Gasteiger partial charge >= 0.3 is 5.97 Å². The lowest BCUT2D eigenvalue weighted by molar-refractivity contribution is -0.139. The normalized spacial score (nSPS) is 12.0. The van der Waals surface area contributed by atoms with Crippen LogP contribution < -0.4 is 10.1 Å². The zero-order valence-corrected chi connectivity index (χ0v) is 17.0. The molecule has 4 nitrogen and oxygen atoms in total. The van der Waals surface area contributed by atoms with Crippen molar-refractivity contribution in [1.82, 2.24) is 5.32 Å². The Kier molecular flexibility index (Phi) is 8.70. The van der Waals surface area contributed by atoms with Gasteiger partial charge in [-0.25, -0.2) is 4.39 Å². The molecule has 0 fully saturated rings. The first-order valence-corrected chi connectivity index (χ1v) is 10.4. The van der Waals surface area contributed by atoms with Gasteiger partial charge in [-0.05, 0) is 48.8 Å². The summed E-state index contributed by atoms with van der Waals surface area (Å²) in [5.41, 5.74) is 1.38. The zero-order valence-electron chi connectivity index (χ0n) is 14.7. The maximum atomic E-state index is 13.2. The molecule has 8 heteroatoms. The minimum absolute atomic E-state index is 0.155. The van der Waals surface area contributed by atoms with Gasteiger partial charge in [0, 0.05) is 22.7 Å². The average molecular weight is 432 g/mol. The van der Waals surface area contributed by atoms with Crippen molar-refractivity contribution in [2.75, 3.05) is 12.0 Å². The van der Waals surface area contributed by atoms with E-state index in [1.54, 1.807) is 36.0 Å². The van der Waals surface area contributed by atoms with E-state index in [1.165, 1.54) is 12.1 Å². The highest BCUT2D eigenvalue weighted by molar-refractivity contribution is 7.98. The molecule has 0 amide bonds. The van der Waals surface area contributed by atoms with Crippen LogP contribution in [0.25, 0.3) is 0 Å². The van der Waals surface area contributed by atoms with Gasteiger partial charge in [-0.3, -0.25) is 4.79 Å². The van der Waals surface area contributed by atoms with E-state index in [0.29, 0.717) is 29.3 Å². The number of carboxylic acid groups (broad SMARTS) is 1. The molecule has 2 rings (SSSR count). The quantitative estimate of drug-likeness (QED) is 0.553. The maximum absolute atomic E-state index is 13.2. The van der Waals surface area contributed by atoms with Crippen LogP contribution in [0.3, 0.4) is 0 Å².